The molecule has 0 atom stereocenters. The molecule has 11 aromatic carbocycles. The molecule has 71 heavy (non-hydrogen) atoms. The van der Waals surface area contributed by atoms with Gasteiger partial charge in [-0.15, -0.1) is 11.3 Å². The molecule has 14 aromatic rings. The van der Waals surface area contributed by atoms with E-state index in [2.05, 4.69) is 252 Å². The zero-order valence-electron chi connectivity index (χ0n) is 38.4. The maximum Gasteiger partial charge on any atom is 0.159 e. The van der Waals surface area contributed by atoms with Crippen LogP contribution < -0.4 is 9.80 Å². The summed E-state index contributed by atoms with van der Waals surface area (Å²) in [6.45, 7) is 0. The van der Waals surface area contributed by atoms with Crippen molar-refractivity contribution in [2.24, 2.45) is 0 Å². The van der Waals surface area contributed by atoms with E-state index < -0.39 is 0 Å². The molecule has 0 amide bonds. The fourth-order valence-corrected chi connectivity index (χ4v) is 11.8. The lowest BCUT2D eigenvalue weighted by molar-refractivity contribution is 0.668. The second kappa shape index (κ2) is 16.8. The summed E-state index contributed by atoms with van der Waals surface area (Å²) in [5.74, 6) is 0. The van der Waals surface area contributed by atoms with E-state index in [1.165, 1.54) is 31.3 Å². The first-order valence-corrected chi connectivity index (χ1v) is 24.8. The number of hydrogen-bond acceptors (Lipinski definition) is 5. The summed E-state index contributed by atoms with van der Waals surface area (Å²) < 4.78 is 16.2. The molecule has 0 fully saturated rings. The molecule has 4 nitrogen and oxygen atoms in total. The molecule has 5 heteroatoms. The molecule has 0 aliphatic carbocycles. The average Bonchev–Trinajstić information content (AvgIpc) is 4.15. The van der Waals surface area contributed by atoms with Gasteiger partial charge in [0.05, 0.1) is 33.1 Å². The summed E-state index contributed by atoms with van der Waals surface area (Å²) in [7, 11) is 0. The van der Waals surface area contributed by atoms with Crippen molar-refractivity contribution >= 4 is 110 Å². The fourth-order valence-electron chi connectivity index (χ4n) is 10.6. The highest BCUT2D eigenvalue weighted by atomic mass is 32.1. The van der Waals surface area contributed by atoms with Gasteiger partial charge in [-0.1, -0.05) is 194 Å². The molecule has 0 bridgehead atoms. The largest absolute Gasteiger partial charge is 0.454 e. The van der Waals surface area contributed by atoms with Gasteiger partial charge in [0.25, 0.3) is 0 Å². The molecule has 334 valence electrons. The number of anilines is 6. The van der Waals surface area contributed by atoms with Gasteiger partial charge in [-0.25, -0.2) is 0 Å². The lowest BCUT2D eigenvalue weighted by Crippen LogP contribution is -2.14. The Bertz CT molecular complexity index is 4200. The lowest BCUT2D eigenvalue weighted by Gasteiger charge is -2.31. The summed E-state index contributed by atoms with van der Waals surface area (Å²) in [4.78, 5) is 4.81. The van der Waals surface area contributed by atoms with Crippen LogP contribution in [0.25, 0.3) is 97.4 Å². The molecular weight excluding hydrogens is 885 g/mol. The molecule has 3 heterocycles. The molecule has 0 aliphatic heterocycles. The van der Waals surface area contributed by atoms with E-state index in [1.807, 2.05) is 23.5 Å². The maximum atomic E-state index is 6.89. The van der Waals surface area contributed by atoms with Gasteiger partial charge in [0.2, 0.25) is 0 Å². The van der Waals surface area contributed by atoms with Crippen LogP contribution in [0.15, 0.2) is 264 Å². The van der Waals surface area contributed by atoms with Crippen molar-refractivity contribution in [3.8, 4) is 33.4 Å². The van der Waals surface area contributed by atoms with Gasteiger partial charge >= 0.3 is 0 Å². The van der Waals surface area contributed by atoms with Gasteiger partial charge in [0, 0.05) is 53.8 Å². The second-order valence-corrected chi connectivity index (χ2v) is 19.0. The van der Waals surface area contributed by atoms with Crippen LogP contribution in [-0.4, -0.2) is 0 Å². The zero-order chi connectivity index (χ0) is 46.8. The number of benzene rings is 11. The van der Waals surface area contributed by atoms with E-state index in [0.717, 1.165) is 100 Å². The number of rotatable bonds is 9. The lowest BCUT2D eigenvalue weighted by atomic mass is 9.97. The molecule has 0 unspecified atom stereocenters. The summed E-state index contributed by atoms with van der Waals surface area (Å²) in [5, 5.41) is 6.79. The SMILES string of the molecule is c1ccc(-c2ccc(-c3cccc(N(c4ccccc4-c4ccccc4N(c4cccc5c4oc4ccccc45)c4cccc5c4sc4ccccc45)c4cccc5c4oc4ccccc45)c3)cc2)cc1. The van der Waals surface area contributed by atoms with Crippen molar-refractivity contribution in [3.63, 3.8) is 0 Å². The van der Waals surface area contributed by atoms with Crippen LogP contribution in [0.4, 0.5) is 34.1 Å². The third-order valence-electron chi connectivity index (χ3n) is 13.9. The van der Waals surface area contributed by atoms with Crippen molar-refractivity contribution in [3.05, 3.63) is 255 Å². The van der Waals surface area contributed by atoms with Crippen LogP contribution in [-0.2, 0) is 0 Å². The Labute approximate surface area is 414 Å². The summed E-state index contributed by atoms with van der Waals surface area (Å²) >= 11 is 1.83. The van der Waals surface area contributed by atoms with Gasteiger partial charge in [-0.2, -0.15) is 0 Å². The van der Waals surface area contributed by atoms with Crippen LogP contribution in [0.2, 0.25) is 0 Å². The van der Waals surface area contributed by atoms with E-state index in [1.54, 1.807) is 0 Å². The maximum absolute atomic E-state index is 6.89. The average molecular weight is 927 g/mol. The van der Waals surface area contributed by atoms with Crippen molar-refractivity contribution in [2.75, 3.05) is 9.80 Å². The van der Waals surface area contributed by atoms with Crippen molar-refractivity contribution < 1.29 is 8.83 Å². The molecule has 0 N–H and O–H groups in total. The first-order valence-electron chi connectivity index (χ1n) is 24.0. The summed E-state index contributed by atoms with van der Waals surface area (Å²) in [5.41, 5.74) is 16.1. The Morgan fingerprint density at radius 2 is 0.718 bits per heavy atom. The van der Waals surface area contributed by atoms with Crippen LogP contribution in [0.5, 0.6) is 0 Å². The topological polar surface area (TPSA) is 32.8 Å². The predicted molar refractivity (Wildman–Crippen MR) is 300 cm³/mol. The van der Waals surface area contributed by atoms with Crippen molar-refractivity contribution in [1.82, 2.24) is 0 Å². The first kappa shape index (κ1) is 40.9. The van der Waals surface area contributed by atoms with Gasteiger partial charge in [-0.3, -0.25) is 0 Å². The summed E-state index contributed by atoms with van der Waals surface area (Å²) in [6, 6.07) is 91.0. The molecule has 0 saturated heterocycles. The Morgan fingerprint density at radius 1 is 0.282 bits per heavy atom. The smallest absolute Gasteiger partial charge is 0.159 e. The molecule has 0 radical (unpaired) electrons. The number of para-hydroxylation sites is 6. The molecular formula is C66H42N2O2S. The third-order valence-corrected chi connectivity index (χ3v) is 15.1. The van der Waals surface area contributed by atoms with E-state index in [9.17, 15) is 0 Å². The van der Waals surface area contributed by atoms with Gasteiger partial charge < -0.3 is 18.6 Å². The first-order chi connectivity index (χ1) is 35.2. The zero-order valence-corrected chi connectivity index (χ0v) is 39.2. The Morgan fingerprint density at radius 3 is 1.38 bits per heavy atom. The number of hydrogen-bond donors (Lipinski definition) is 0. The van der Waals surface area contributed by atoms with Gasteiger partial charge in [0.15, 0.2) is 11.2 Å². The van der Waals surface area contributed by atoms with E-state index in [-0.39, 0.29) is 0 Å². The minimum absolute atomic E-state index is 0.823. The van der Waals surface area contributed by atoms with E-state index in [4.69, 9.17) is 8.83 Å². The van der Waals surface area contributed by atoms with Crippen LogP contribution in [0.3, 0.4) is 0 Å². The molecule has 0 aliphatic rings. The number of nitrogens with zero attached hydrogens (tertiary/aromatic N) is 2. The molecule has 14 rings (SSSR count). The standard InChI is InChI=1S/C66H42N2O2S/c1-2-18-43(19-3-1)44-38-40-45(41-39-44)46-20-14-21-47(42-46)67(58-32-15-27-53-50-24-6-11-35-61(50)69-64(53)58)56-30-9-4-22-48(56)49-23-5-10-31-57(49)68(59-33-16-28-54-51-25-7-12-36-62(51)70-65(54)59)60-34-17-29-55-52-26-8-13-37-63(52)71-66(55)60/h1-42H. The molecule has 0 spiro atoms. The monoisotopic (exact) mass is 926 g/mol. The highest BCUT2D eigenvalue weighted by molar-refractivity contribution is 7.26. The molecule has 0 saturated carbocycles. The Kier molecular flexibility index (Phi) is 9.68. The third kappa shape index (κ3) is 6.81. The van der Waals surface area contributed by atoms with E-state index in [0.29, 0.717) is 0 Å². The molecule has 3 aromatic heterocycles. The van der Waals surface area contributed by atoms with Gasteiger partial charge in [0.1, 0.15) is 11.2 Å². The predicted octanol–water partition coefficient (Wildman–Crippen LogP) is 19.8. The van der Waals surface area contributed by atoms with Crippen LogP contribution in [0.1, 0.15) is 0 Å². The minimum atomic E-state index is 0.823. The van der Waals surface area contributed by atoms with Crippen LogP contribution in [0, 0.1) is 0 Å². The minimum Gasteiger partial charge on any atom is -0.454 e. The van der Waals surface area contributed by atoms with Gasteiger partial charge in [-0.05, 0) is 82.9 Å². The Balaban J connectivity index is 1.01. The van der Waals surface area contributed by atoms with E-state index >= 15 is 0 Å². The highest BCUT2D eigenvalue weighted by Crippen LogP contribution is 2.52. The number of fused-ring (bicyclic) bond motifs is 9. The second-order valence-electron chi connectivity index (χ2n) is 18.0. The summed E-state index contributed by atoms with van der Waals surface area (Å²) in [6.07, 6.45) is 0. The highest BCUT2D eigenvalue weighted by Gasteiger charge is 2.28. The van der Waals surface area contributed by atoms with Crippen molar-refractivity contribution in [1.29, 1.82) is 0 Å². The number of thiophene rings is 1. The van der Waals surface area contributed by atoms with Crippen molar-refractivity contribution in [2.45, 2.75) is 0 Å². The normalized spacial score (nSPS) is 11.7. The Hall–Kier alpha value is -9.16. The number of furan rings is 2. The van der Waals surface area contributed by atoms with Crippen LogP contribution >= 0.6 is 11.3 Å². The quantitative estimate of drug-likeness (QED) is 0.144. The fraction of sp³-hybridized carbons (Fsp3) is 0.